The molecule has 2 aromatic rings. The van der Waals surface area contributed by atoms with Gasteiger partial charge in [-0.05, 0) is 44.5 Å². The van der Waals surface area contributed by atoms with Crippen LogP contribution in [0, 0.1) is 13.8 Å². The molecule has 0 spiro atoms. The maximum atomic E-state index is 12.5. The van der Waals surface area contributed by atoms with Crippen molar-refractivity contribution in [3.8, 4) is 0 Å². The molecule has 6 heteroatoms. The van der Waals surface area contributed by atoms with E-state index in [0.717, 1.165) is 17.0 Å². The number of hydrogen-bond acceptors (Lipinski definition) is 3. The van der Waals surface area contributed by atoms with Gasteiger partial charge < -0.3 is 10.2 Å². The number of carbonyl (C=O) groups is 2. The van der Waals surface area contributed by atoms with Crippen LogP contribution in [0.4, 0.5) is 0 Å². The summed E-state index contributed by atoms with van der Waals surface area (Å²) in [6, 6.07) is 8.72. The molecule has 2 amide bonds. The van der Waals surface area contributed by atoms with Crippen molar-refractivity contribution in [3.63, 3.8) is 0 Å². The summed E-state index contributed by atoms with van der Waals surface area (Å²) in [5, 5.41) is 7.21. The summed E-state index contributed by atoms with van der Waals surface area (Å²) in [7, 11) is 0. The number of hydrogen-bond donors (Lipinski definition) is 1. The topological polar surface area (TPSA) is 67.2 Å². The summed E-state index contributed by atoms with van der Waals surface area (Å²) >= 11 is 0. The number of benzene rings is 1. The molecule has 0 aliphatic carbocycles. The fraction of sp³-hybridized carbons (Fsp3) is 0.318. The van der Waals surface area contributed by atoms with Crippen LogP contribution in [0.2, 0.25) is 0 Å². The van der Waals surface area contributed by atoms with Gasteiger partial charge in [-0.15, -0.1) is 13.2 Å². The SMILES string of the molecule is C=CCN(CC=C)C(=O)C(C)NC(=O)c1ccc(Cn2nc(C)cc2C)cc1. The molecule has 148 valence electrons. The first-order valence-electron chi connectivity index (χ1n) is 9.27. The average molecular weight is 380 g/mol. The van der Waals surface area contributed by atoms with Gasteiger partial charge in [0.1, 0.15) is 6.04 Å². The third kappa shape index (κ3) is 5.42. The molecule has 1 heterocycles. The van der Waals surface area contributed by atoms with E-state index >= 15 is 0 Å². The highest BCUT2D eigenvalue weighted by atomic mass is 16.2. The van der Waals surface area contributed by atoms with Crippen molar-refractivity contribution in [2.75, 3.05) is 13.1 Å². The zero-order valence-corrected chi connectivity index (χ0v) is 16.8. The molecule has 0 saturated carbocycles. The van der Waals surface area contributed by atoms with Crippen LogP contribution < -0.4 is 5.32 Å². The molecule has 2 rings (SSSR count). The standard InChI is InChI=1S/C22H28N4O2/c1-6-12-25(13-7-2)22(28)18(5)23-21(27)20-10-8-19(9-11-20)15-26-17(4)14-16(3)24-26/h6-11,14,18H,1-2,12-13,15H2,3-5H3,(H,23,27). The van der Waals surface area contributed by atoms with E-state index in [1.165, 1.54) is 0 Å². The highest BCUT2D eigenvalue weighted by Gasteiger charge is 2.21. The van der Waals surface area contributed by atoms with Crippen molar-refractivity contribution in [1.82, 2.24) is 20.0 Å². The molecule has 1 aromatic carbocycles. The molecular weight excluding hydrogens is 352 g/mol. The summed E-state index contributed by atoms with van der Waals surface area (Å²) in [5.74, 6) is -0.454. The Morgan fingerprint density at radius 1 is 1.18 bits per heavy atom. The Hall–Kier alpha value is -3.15. The second-order valence-corrected chi connectivity index (χ2v) is 6.80. The minimum Gasteiger partial charge on any atom is -0.341 e. The summed E-state index contributed by atoms with van der Waals surface area (Å²) in [4.78, 5) is 26.6. The predicted molar refractivity (Wildman–Crippen MR) is 111 cm³/mol. The largest absolute Gasteiger partial charge is 0.341 e. The van der Waals surface area contributed by atoms with Crippen LogP contribution in [0.25, 0.3) is 0 Å². The zero-order valence-electron chi connectivity index (χ0n) is 16.8. The van der Waals surface area contributed by atoms with E-state index in [0.29, 0.717) is 25.2 Å². The van der Waals surface area contributed by atoms with Crippen LogP contribution in [0.1, 0.15) is 34.2 Å². The molecule has 0 radical (unpaired) electrons. The Labute approximate surface area is 166 Å². The van der Waals surface area contributed by atoms with Gasteiger partial charge in [-0.2, -0.15) is 5.10 Å². The summed E-state index contributed by atoms with van der Waals surface area (Å²) in [5.41, 5.74) is 3.63. The second-order valence-electron chi connectivity index (χ2n) is 6.80. The first-order valence-corrected chi connectivity index (χ1v) is 9.27. The number of nitrogens with zero attached hydrogens (tertiary/aromatic N) is 3. The van der Waals surface area contributed by atoms with E-state index in [1.807, 2.05) is 36.7 Å². The van der Waals surface area contributed by atoms with Gasteiger partial charge in [0.2, 0.25) is 5.91 Å². The number of amides is 2. The van der Waals surface area contributed by atoms with E-state index in [1.54, 1.807) is 36.1 Å². The molecule has 0 fully saturated rings. The van der Waals surface area contributed by atoms with Crippen molar-refractivity contribution >= 4 is 11.8 Å². The van der Waals surface area contributed by atoms with Crippen molar-refractivity contribution in [1.29, 1.82) is 0 Å². The molecule has 28 heavy (non-hydrogen) atoms. The Kier molecular flexibility index (Phi) is 7.32. The van der Waals surface area contributed by atoms with Crippen molar-refractivity contribution in [2.45, 2.75) is 33.4 Å². The van der Waals surface area contributed by atoms with Gasteiger partial charge in [0.25, 0.3) is 5.91 Å². The molecule has 1 atom stereocenters. The van der Waals surface area contributed by atoms with Gasteiger partial charge in [0.05, 0.1) is 12.2 Å². The van der Waals surface area contributed by atoms with Gasteiger partial charge in [0, 0.05) is 24.3 Å². The number of carbonyl (C=O) groups excluding carboxylic acids is 2. The maximum Gasteiger partial charge on any atom is 0.251 e. The highest BCUT2D eigenvalue weighted by molar-refractivity contribution is 5.97. The lowest BCUT2D eigenvalue weighted by molar-refractivity contribution is -0.131. The van der Waals surface area contributed by atoms with Crippen LogP contribution in [0.15, 0.2) is 55.6 Å². The van der Waals surface area contributed by atoms with Crippen LogP contribution in [-0.2, 0) is 11.3 Å². The van der Waals surface area contributed by atoms with Crippen molar-refractivity contribution in [3.05, 3.63) is 78.2 Å². The van der Waals surface area contributed by atoms with Gasteiger partial charge in [-0.3, -0.25) is 14.3 Å². The van der Waals surface area contributed by atoms with E-state index in [4.69, 9.17) is 0 Å². The number of aromatic nitrogens is 2. The van der Waals surface area contributed by atoms with E-state index < -0.39 is 6.04 Å². The first-order chi connectivity index (χ1) is 13.3. The van der Waals surface area contributed by atoms with Crippen LogP contribution in [0.3, 0.4) is 0 Å². The monoisotopic (exact) mass is 380 g/mol. The van der Waals surface area contributed by atoms with Gasteiger partial charge in [-0.25, -0.2) is 0 Å². The Morgan fingerprint density at radius 3 is 2.29 bits per heavy atom. The minimum atomic E-state index is -0.637. The lowest BCUT2D eigenvalue weighted by Crippen LogP contribution is -2.47. The van der Waals surface area contributed by atoms with Crippen molar-refractivity contribution in [2.24, 2.45) is 0 Å². The predicted octanol–water partition coefficient (Wildman–Crippen LogP) is 2.87. The summed E-state index contributed by atoms with van der Waals surface area (Å²) in [6.07, 6.45) is 3.30. The normalized spacial score (nSPS) is 11.5. The quantitative estimate of drug-likeness (QED) is 0.680. The molecule has 0 aliphatic heterocycles. The molecule has 1 aromatic heterocycles. The Bertz CT molecular complexity index is 842. The fourth-order valence-electron chi connectivity index (χ4n) is 2.95. The smallest absolute Gasteiger partial charge is 0.251 e. The Morgan fingerprint density at radius 2 is 1.79 bits per heavy atom. The van der Waals surface area contributed by atoms with Crippen LogP contribution in [-0.4, -0.2) is 45.6 Å². The van der Waals surface area contributed by atoms with Gasteiger partial charge >= 0.3 is 0 Å². The third-order valence-corrected chi connectivity index (χ3v) is 4.38. The summed E-state index contributed by atoms with van der Waals surface area (Å²) < 4.78 is 1.93. The Balaban J connectivity index is 2.00. The van der Waals surface area contributed by atoms with Gasteiger partial charge in [0.15, 0.2) is 0 Å². The number of rotatable bonds is 9. The minimum absolute atomic E-state index is 0.172. The van der Waals surface area contributed by atoms with E-state index in [2.05, 4.69) is 23.6 Å². The third-order valence-electron chi connectivity index (χ3n) is 4.38. The van der Waals surface area contributed by atoms with Crippen LogP contribution >= 0.6 is 0 Å². The van der Waals surface area contributed by atoms with E-state index in [9.17, 15) is 9.59 Å². The van der Waals surface area contributed by atoms with Crippen molar-refractivity contribution < 1.29 is 9.59 Å². The second kappa shape index (κ2) is 9.69. The highest BCUT2D eigenvalue weighted by Crippen LogP contribution is 2.10. The number of aryl methyl sites for hydroxylation is 2. The molecule has 6 nitrogen and oxygen atoms in total. The lowest BCUT2D eigenvalue weighted by Gasteiger charge is -2.23. The summed E-state index contributed by atoms with van der Waals surface area (Å²) in [6.45, 7) is 14.4. The van der Waals surface area contributed by atoms with Gasteiger partial charge in [-0.1, -0.05) is 24.3 Å². The molecule has 0 aliphatic rings. The van der Waals surface area contributed by atoms with Crippen LogP contribution in [0.5, 0.6) is 0 Å². The average Bonchev–Trinajstić information content (AvgIpc) is 2.98. The molecular formula is C22H28N4O2. The zero-order chi connectivity index (χ0) is 20.7. The lowest BCUT2D eigenvalue weighted by atomic mass is 10.1. The van der Waals surface area contributed by atoms with E-state index in [-0.39, 0.29) is 11.8 Å². The number of nitrogens with one attached hydrogen (secondary N) is 1. The molecule has 1 N–H and O–H groups in total. The first kappa shape index (κ1) is 21.2. The molecule has 0 bridgehead atoms. The molecule has 0 saturated heterocycles. The fourth-order valence-corrected chi connectivity index (χ4v) is 2.95. The maximum absolute atomic E-state index is 12.5. The molecule has 1 unspecified atom stereocenters.